The first-order chi connectivity index (χ1) is 9.44. The molecule has 0 radical (unpaired) electrons. The largest absolute Gasteiger partial charge is 0.323 e. The van der Waals surface area contributed by atoms with Crippen LogP contribution in [-0.4, -0.2) is 15.9 Å². The number of anilines is 1. The van der Waals surface area contributed by atoms with Crippen molar-refractivity contribution in [2.45, 2.75) is 27.2 Å². The number of amides is 1. The van der Waals surface area contributed by atoms with Crippen molar-refractivity contribution in [3.8, 4) is 11.4 Å². The third-order valence-electron chi connectivity index (χ3n) is 2.66. The minimum atomic E-state index is -0.0328. The number of benzene rings is 1. The predicted molar refractivity (Wildman–Crippen MR) is 80.2 cm³/mol. The average molecular weight is 269 g/mol. The Morgan fingerprint density at radius 1 is 1.10 bits per heavy atom. The highest BCUT2D eigenvalue weighted by molar-refractivity contribution is 5.90. The monoisotopic (exact) mass is 269 g/mol. The number of nitrogens with zero attached hydrogens (tertiary/aromatic N) is 2. The molecule has 4 nitrogen and oxygen atoms in total. The summed E-state index contributed by atoms with van der Waals surface area (Å²) in [5.74, 6) is 0.632. The molecule has 0 fully saturated rings. The van der Waals surface area contributed by atoms with Crippen LogP contribution in [-0.2, 0) is 4.79 Å². The molecular formula is C16H19N3O. The summed E-state index contributed by atoms with van der Waals surface area (Å²) in [5, 5.41) is 2.81. The Hall–Kier alpha value is -2.23. The third-order valence-corrected chi connectivity index (χ3v) is 2.66. The van der Waals surface area contributed by atoms with Crippen LogP contribution in [0.25, 0.3) is 11.4 Å². The molecule has 0 aliphatic rings. The van der Waals surface area contributed by atoms with Crippen molar-refractivity contribution in [2.24, 2.45) is 5.41 Å². The van der Waals surface area contributed by atoms with Crippen molar-refractivity contribution in [1.82, 2.24) is 9.97 Å². The topological polar surface area (TPSA) is 54.9 Å². The number of hydrogen-bond acceptors (Lipinski definition) is 3. The van der Waals surface area contributed by atoms with Gasteiger partial charge in [0.25, 0.3) is 0 Å². The van der Waals surface area contributed by atoms with Gasteiger partial charge in [0.05, 0.1) is 18.1 Å². The van der Waals surface area contributed by atoms with Gasteiger partial charge in [-0.25, -0.2) is 9.97 Å². The van der Waals surface area contributed by atoms with E-state index in [-0.39, 0.29) is 11.3 Å². The molecule has 0 unspecified atom stereocenters. The number of hydrogen-bond donors (Lipinski definition) is 1. The molecule has 0 atom stereocenters. The molecule has 20 heavy (non-hydrogen) atoms. The van der Waals surface area contributed by atoms with Crippen molar-refractivity contribution >= 4 is 11.6 Å². The Balaban J connectivity index is 2.04. The summed E-state index contributed by atoms with van der Waals surface area (Å²) in [5.41, 5.74) is 1.55. The van der Waals surface area contributed by atoms with Gasteiger partial charge in [-0.2, -0.15) is 0 Å². The molecule has 0 saturated heterocycles. The van der Waals surface area contributed by atoms with E-state index >= 15 is 0 Å². The second kappa shape index (κ2) is 5.82. The van der Waals surface area contributed by atoms with Crippen LogP contribution in [0.4, 0.5) is 5.69 Å². The molecule has 0 saturated carbocycles. The number of rotatable bonds is 3. The highest BCUT2D eigenvalue weighted by atomic mass is 16.1. The van der Waals surface area contributed by atoms with Crippen molar-refractivity contribution in [1.29, 1.82) is 0 Å². The molecule has 2 rings (SSSR count). The molecule has 1 amide bonds. The number of aromatic nitrogens is 2. The van der Waals surface area contributed by atoms with E-state index in [9.17, 15) is 4.79 Å². The van der Waals surface area contributed by atoms with Crippen LogP contribution in [0.3, 0.4) is 0 Å². The molecule has 0 bridgehead atoms. The molecule has 0 aliphatic heterocycles. The normalized spacial score (nSPS) is 11.2. The van der Waals surface area contributed by atoms with E-state index in [0.717, 1.165) is 5.56 Å². The SMILES string of the molecule is CC(C)(C)CC(=O)Nc1cnc(-c2ccccc2)nc1. The Morgan fingerprint density at radius 2 is 1.70 bits per heavy atom. The Labute approximate surface area is 119 Å². The average Bonchev–Trinajstić information content (AvgIpc) is 2.38. The van der Waals surface area contributed by atoms with Crippen molar-refractivity contribution in [2.75, 3.05) is 5.32 Å². The van der Waals surface area contributed by atoms with E-state index in [2.05, 4.69) is 15.3 Å². The van der Waals surface area contributed by atoms with E-state index in [1.54, 1.807) is 12.4 Å². The maximum atomic E-state index is 11.8. The predicted octanol–water partition coefficient (Wildman–Crippen LogP) is 3.52. The fourth-order valence-electron chi connectivity index (χ4n) is 1.82. The Bertz CT molecular complexity index is 571. The summed E-state index contributed by atoms with van der Waals surface area (Å²) in [6.45, 7) is 6.09. The molecular weight excluding hydrogens is 250 g/mol. The van der Waals surface area contributed by atoms with Gasteiger partial charge < -0.3 is 5.32 Å². The van der Waals surface area contributed by atoms with E-state index in [4.69, 9.17) is 0 Å². The summed E-state index contributed by atoms with van der Waals surface area (Å²) in [4.78, 5) is 20.4. The van der Waals surface area contributed by atoms with Crippen LogP contribution in [0.2, 0.25) is 0 Å². The summed E-state index contributed by atoms with van der Waals surface area (Å²) < 4.78 is 0. The lowest BCUT2D eigenvalue weighted by atomic mass is 9.92. The summed E-state index contributed by atoms with van der Waals surface area (Å²) in [6.07, 6.45) is 3.74. The first-order valence-electron chi connectivity index (χ1n) is 6.61. The smallest absolute Gasteiger partial charge is 0.224 e. The maximum Gasteiger partial charge on any atom is 0.224 e. The van der Waals surface area contributed by atoms with Crippen molar-refractivity contribution in [3.05, 3.63) is 42.7 Å². The van der Waals surface area contributed by atoms with Crippen LogP contribution in [0, 0.1) is 5.41 Å². The molecule has 1 aromatic carbocycles. The van der Waals surface area contributed by atoms with Crippen molar-refractivity contribution < 1.29 is 4.79 Å². The zero-order valence-corrected chi connectivity index (χ0v) is 12.1. The van der Waals surface area contributed by atoms with Crippen LogP contribution in [0.1, 0.15) is 27.2 Å². The molecule has 1 N–H and O–H groups in total. The zero-order chi connectivity index (χ0) is 14.6. The lowest BCUT2D eigenvalue weighted by Crippen LogP contribution is -2.19. The second-order valence-electron chi connectivity index (χ2n) is 5.95. The number of carbonyl (C=O) groups excluding carboxylic acids is 1. The third kappa shape index (κ3) is 4.16. The standard InChI is InChI=1S/C16H19N3O/c1-16(2,3)9-14(20)19-13-10-17-15(18-11-13)12-7-5-4-6-8-12/h4-8,10-11H,9H2,1-3H3,(H,19,20). The van der Waals surface area contributed by atoms with Crippen LogP contribution >= 0.6 is 0 Å². The van der Waals surface area contributed by atoms with Gasteiger partial charge in [0.2, 0.25) is 5.91 Å². The lowest BCUT2D eigenvalue weighted by molar-refractivity contribution is -0.117. The van der Waals surface area contributed by atoms with Gasteiger partial charge >= 0.3 is 0 Å². The van der Waals surface area contributed by atoms with Gasteiger partial charge in [-0.1, -0.05) is 51.1 Å². The van der Waals surface area contributed by atoms with Crippen LogP contribution in [0.5, 0.6) is 0 Å². The first kappa shape index (κ1) is 14.2. The second-order valence-corrected chi connectivity index (χ2v) is 5.95. The Kier molecular flexibility index (Phi) is 4.13. The van der Waals surface area contributed by atoms with Crippen LogP contribution < -0.4 is 5.32 Å². The zero-order valence-electron chi connectivity index (χ0n) is 12.1. The van der Waals surface area contributed by atoms with Crippen molar-refractivity contribution in [3.63, 3.8) is 0 Å². The summed E-state index contributed by atoms with van der Waals surface area (Å²) >= 11 is 0. The van der Waals surface area contributed by atoms with E-state index in [1.165, 1.54) is 0 Å². The molecule has 104 valence electrons. The maximum absolute atomic E-state index is 11.8. The molecule has 1 heterocycles. The minimum Gasteiger partial charge on any atom is -0.323 e. The van der Waals surface area contributed by atoms with Gasteiger partial charge in [-0.15, -0.1) is 0 Å². The fourth-order valence-corrected chi connectivity index (χ4v) is 1.82. The summed E-state index contributed by atoms with van der Waals surface area (Å²) in [7, 11) is 0. The number of nitrogens with one attached hydrogen (secondary N) is 1. The highest BCUT2D eigenvalue weighted by Crippen LogP contribution is 2.20. The van der Waals surface area contributed by atoms with E-state index in [0.29, 0.717) is 17.9 Å². The van der Waals surface area contributed by atoms with Gasteiger partial charge in [-0.05, 0) is 5.41 Å². The Morgan fingerprint density at radius 3 is 2.25 bits per heavy atom. The summed E-state index contributed by atoms with van der Waals surface area (Å²) in [6, 6.07) is 9.74. The number of carbonyl (C=O) groups is 1. The fraction of sp³-hybridized carbons (Fsp3) is 0.312. The first-order valence-corrected chi connectivity index (χ1v) is 6.61. The highest BCUT2D eigenvalue weighted by Gasteiger charge is 2.16. The van der Waals surface area contributed by atoms with E-state index in [1.807, 2.05) is 51.1 Å². The molecule has 2 aromatic rings. The molecule has 0 spiro atoms. The lowest BCUT2D eigenvalue weighted by Gasteiger charge is -2.17. The van der Waals surface area contributed by atoms with Gasteiger partial charge in [0.1, 0.15) is 0 Å². The van der Waals surface area contributed by atoms with Gasteiger partial charge in [0, 0.05) is 12.0 Å². The molecule has 1 aromatic heterocycles. The van der Waals surface area contributed by atoms with Gasteiger partial charge in [0.15, 0.2) is 5.82 Å². The van der Waals surface area contributed by atoms with E-state index < -0.39 is 0 Å². The minimum absolute atomic E-state index is 0.0199. The van der Waals surface area contributed by atoms with Gasteiger partial charge in [-0.3, -0.25) is 4.79 Å². The molecule has 0 aliphatic carbocycles. The van der Waals surface area contributed by atoms with Crippen LogP contribution in [0.15, 0.2) is 42.7 Å². The molecule has 4 heteroatoms. The quantitative estimate of drug-likeness (QED) is 0.927.